The van der Waals surface area contributed by atoms with Crippen LogP contribution in [0.3, 0.4) is 0 Å². The maximum absolute atomic E-state index is 13.7. The Labute approximate surface area is 221 Å². The highest BCUT2D eigenvalue weighted by atomic mass is 35.5. The van der Waals surface area contributed by atoms with Crippen molar-refractivity contribution in [2.45, 2.75) is 39.7 Å². The van der Waals surface area contributed by atoms with Crippen LogP contribution in [0.4, 0.5) is 11.4 Å². The number of carbonyl (C=O) groups is 3. The molecule has 1 aliphatic rings. The lowest BCUT2D eigenvalue weighted by atomic mass is 10.0. The summed E-state index contributed by atoms with van der Waals surface area (Å²) in [6.07, 6.45) is 0.958. The number of nitrogens with zero attached hydrogens (tertiary/aromatic N) is 1. The third kappa shape index (κ3) is 6.18. The van der Waals surface area contributed by atoms with Gasteiger partial charge >= 0.3 is 5.97 Å². The summed E-state index contributed by atoms with van der Waals surface area (Å²) in [5.41, 5.74) is 4.86. The number of carbonyl (C=O) groups excluding carboxylic acids is 3. The van der Waals surface area contributed by atoms with Crippen LogP contribution in [0.15, 0.2) is 60.7 Å². The molecular weight excluding hydrogens is 492 g/mol. The number of benzene rings is 3. The predicted molar refractivity (Wildman–Crippen MR) is 143 cm³/mol. The molecule has 0 bridgehead atoms. The minimum absolute atomic E-state index is 0.154. The molecule has 0 saturated heterocycles. The Morgan fingerprint density at radius 1 is 1.00 bits per heavy atom. The second-order valence-corrected chi connectivity index (χ2v) is 9.45. The summed E-state index contributed by atoms with van der Waals surface area (Å²) in [6.45, 7) is 5.38. The van der Waals surface area contributed by atoms with Gasteiger partial charge in [0.25, 0.3) is 11.8 Å². The van der Waals surface area contributed by atoms with Gasteiger partial charge < -0.3 is 19.7 Å². The highest BCUT2D eigenvalue weighted by Gasteiger charge is 2.29. The molecule has 0 fully saturated rings. The molecule has 0 aliphatic carbocycles. The van der Waals surface area contributed by atoms with Crippen LogP contribution >= 0.6 is 11.6 Å². The van der Waals surface area contributed by atoms with Crippen LogP contribution in [-0.4, -0.2) is 31.1 Å². The third-order valence-corrected chi connectivity index (χ3v) is 6.59. The molecule has 2 amide bonds. The zero-order valence-electron chi connectivity index (χ0n) is 21.0. The molecule has 1 aliphatic heterocycles. The molecule has 192 valence electrons. The van der Waals surface area contributed by atoms with Gasteiger partial charge in [-0.15, -0.1) is 0 Å². The first-order chi connectivity index (χ1) is 17.7. The zero-order valence-corrected chi connectivity index (χ0v) is 21.8. The van der Waals surface area contributed by atoms with Crippen molar-refractivity contribution in [2.24, 2.45) is 0 Å². The number of fused-ring (bicyclic) bond motifs is 1. The van der Waals surface area contributed by atoms with Crippen LogP contribution in [0.1, 0.15) is 63.3 Å². The van der Waals surface area contributed by atoms with E-state index in [0.29, 0.717) is 46.9 Å². The first-order valence-electron chi connectivity index (χ1n) is 12.1. The lowest BCUT2D eigenvalue weighted by molar-refractivity contribution is -0.158. The summed E-state index contributed by atoms with van der Waals surface area (Å²) in [6, 6.07) is 18.0. The van der Waals surface area contributed by atoms with E-state index in [9.17, 15) is 14.4 Å². The lowest BCUT2D eigenvalue weighted by Crippen LogP contribution is -2.32. The largest absolute Gasteiger partial charge is 0.439 e. The van der Waals surface area contributed by atoms with E-state index in [1.807, 2.05) is 38.1 Å². The lowest BCUT2D eigenvalue weighted by Gasteiger charge is -2.25. The number of esters is 1. The fourth-order valence-electron chi connectivity index (χ4n) is 4.48. The van der Waals surface area contributed by atoms with Crippen molar-refractivity contribution in [2.75, 3.05) is 23.6 Å². The van der Waals surface area contributed by atoms with Gasteiger partial charge in [-0.1, -0.05) is 29.8 Å². The summed E-state index contributed by atoms with van der Waals surface area (Å²) < 4.78 is 10.8. The zero-order chi connectivity index (χ0) is 26.5. The molecule has 0 saturated carbocycles. The van der Waals surface area contributed by atoms with Gasteiger partial charge in [0.15, 0.2) is 6.79 Å². The van der Waals surface area contributed by atoms with E-state index in [2.05, 4.69) is 5.32 Å². The van der Waals surface area contributed by atoms with Crippen molar-refractivity contribution >= 4 is 40.8 Å². The first-order valence-corrected chi connectivity index (χ1v) is 12.5. The van der Waals surface area contributed by atoms with Gasteiger partial charge in [-0.3, -0.25) is 14.4 Å². The van der Waals surface area contributed by atoms with Crippen molar-refractivity contribution in [1.29, 1.82) is 0 Å². The van der Waals surface area contributed by atoms with E-state index < -0.39 is 5.97 Å². The van der Waals surface area contributed by atoms with Crippen LogP contribution < -0.4 is 10.2 Å². The molecule has 1 N–H and O–H groups in total. The molecule has 7 nitrogen and oxygen atoms in total. The molecule has 0 radical (unpaired) electrons. The maximum Gasteiger partial charge on any atom is 0.304 e. The highest BCUT2D eigenvalue weighted by Crippen LogP contribution is 2.38. The van der Waals surface area contributed by atoms with Gasteiger partial charge in [0, 0.05) is 46.6 Å². The average Bonchev–Trinajstić information content (AvgIpc) is 3.03. The van der Waals surface area contributed by atoms with Gasteiger partial charge in [0.2, 0.25) is 0 Å². The highest BCUT2D eigenvalue weighted by molar-refractivity contribution is 6.30. The van der Waals surface area contributed by atoms with Crippen molar-refractivity contribution in [3.05, 3.63) is 93.5 Å². The number of rotatable bonds is 6. The average molecular weight is 521 g/mol. The monoisotopic (exact) mass is 520 g/mol. The Morgan fingerprint density at radius 2 is 1.78 bits per heavy atom. The van der Waals surface area contributed by atoms with E-state index in [4.69, 9.17) is 21.1 Å². The summed E-state index contributed by atoms with van der Waals surface area (Å²) in [5, 5.41) is 3.45. The second-order valence-electron chi connectivity index (χ2n) is 9.01. The van der Waals surface area contributed by atoms with Crippen molar-refractivity contribution in [3.63, 3.8) is 0 Å². The quantitative estimate of drug-likeness (QED) is 0.308. The normalized spacial score (nSPS) is 14.9. The smallest absolute Gasteiger partial charge is 0.304 e. The van der Waals surface area contributed by atoms with Crippen molar-refractivity contribution < 1.29 is 23.9 Å². The van der Waals surface area contributed by atoms with E-state index in [1.54, 1.807) is 41.3 Å². The van der Waals surface area contributed by atoms with Gasteiger partial charge in [-0.05, 0) is 80.3 Å². The summed E-state index contributed by atoms with van der Waals surface area (Å²) >= 11 is 6.28. The fraction of sp³-hybridized carbons (Fsp3) is 0.276. The molecule has 1 heterocycles. The Hall–Kier alpha value is -3.68. The second kappa shape index (κ2) is 11.6. The Morgan fingerprint density at radius 3 is 2.51 bits per heavy atom. The first kappa shape index (κ1) is 26.4. The molecule has 1 atom stereocenters. The molecule has 1 unspecified atom stereocenters. The predicted octanol–water partition coefficient (Wildman–Crippen LogP) is 6.23. The molecule has 3 aromatic carbocycles. The summed E-state index contributed by atoms with van der Waals surface area (Å²) in [7, 11) is 0. The number of amides is 2. The van der Waals surface area contributed by atoms with E-state index >= 15 is 0 Å². The Bertz CT molecular complexity index is 1340. The summed E-state index contributed by atoms with van der Waals surface area (Å²) in [5.74, 6) is -0.779. The third-order valence-electron chi connectivity index (χ3n) is 6.36. The molecule has 3 aromatic rings. The number of aryl methyl sites for hydroxylation is 2. The maximum atomic E-state index is 13.7. The van der Waals surface area contributed by atoms with E-state index in [-0.39, 0.29) is 24.7 Å². The van der Waals surface area contributed by atoms with Gasteiger partial charge in [0.1, 0.15) is 0 Å². The number of nitrogens with one attached hydrogen (secondary N) is 1. The molecular formula is C29H29ClN2O5. The minimum atomic E-state index is -0.425. The number of ether oxygens (including phenoxy) is 2. The van der Waals surface area contributed by atoms with Crippen LogP contribution in [0, 0.1) is 13.8 Å². The van der Waals surface area contributed by atoms with E-state index in [1.165, 1.54) is 6.92 Å². The molecule has 4 rings (SSSR count). The standard InChI is InChI=1S/C29H29ClN2O5/c1-18-7-4-5-8-23(18)28(34)31-22-11-12-24(19(2)15-22)29(35)32-14-6-9-27(37-17-36-20(3)33)25-16-21(30)10-13-26(25)32/h4-5,7-8,10-13,15-16,27H,6,9,14,17H2,1-3H3,(H,31,34). The van der Waals surface area contributed by atoms with Crippen LogP contribution in [0.2, 0.25) is 5.02 Å². The van der Waals surface area contributed by atoms with Crippen LogP contribution in [-0.2, 0) is 14.3 Å². The van der Waals surface area contributed by atoms with Gasteiger partial charge in [-0.25, -0.2) is 0 Å². The van der Waals surface area contributed by atoms with Crippen LogP contribution in [0.25, 0.3) is 0 Å². The Balaban J connectivity index is 1.57. The molecule has 37 heavy (non-hydrogen) atoms. The number of anilines is 2. The van der Waals surface area contributed by atoms with Crippen LogP contribution in [0.5, 0.6) is 0 Å². The Kier molecular flexibility index (Phi) is 8.26. The van der Waals surface area contributed by atoms with Gasteiger partial charge in [-0.2, -0.15) is 0 Å². The fourth-order valence-corrected chi connectivity index (χ4v) is 4.66. The topological polar surface area (TPSA) is 84.9 Å². The van der Waals surface area contributed by atoms with Crippen molar-refractivity contribution in [3.8, 4) is 0 Å². The van der Waals surface area contributed by atoms with Crippen molar-refractivity contribution in [1.82, 2.24) is 0 Å². The molecule has 0 aromatic heterocycles. The number of hydrogen-bond acceptors (Lipinski definition) is 5. The minimum Gasteiger partial charge on any atom is -0.439 e. The summed E-state index contributed by atoms with van der Waals surface area (Å²) in [4.78, 5) is 39.3. The molecule has 8 heteroatoms. The number of hydrogen-bond donors (Lipinski definition) is 1. The number of halogens is 1. The van der Waals surface area contributed by atoms with E-state index in [0.717, 1.165) is 16.7 Å². The SMILES string of the molecule is CC(=O)OCOC1CCCN(C(=O)c2ccc(NC(=O)c3ccccc3C)cc2C)c2ccc(Cl)cc21. The molecule has 0 spiro atoms. The van der Waals surface area contributed by atoms with Gasteiger partial charge in [0.05, 0.1) is 6.10 Å².